The van der Waals surface area contributed by atoms with Crippen molar-refractivity contribution in [3.05, 3.63) is 51.7 Å². The number of hydrogen-bond donors (Lipinski definition) is 3. The van der Waals surface area contributed by atoms with E-state index in [9.17, 15) is 4.79 Å². The SMILES string of the molecule is CCOC(=O)c1sc(C(C)NC(=NC)NCc2cccc(-c3ncn[nH]3)c2)nc1C. The second-order valence-corrected chi connectivity index (χ2v) is 7.54. The molecule has 0 spiro atoms. The van der Waals surface area contributed by atoms with Crippen LogP contribution in [0, 0.1) is 6.92 Å². The predicted molar refractivity (Wildman–Crippen MR) is 116 cm³/mol. The van der Waals surface area contributed by atoms with Crippen LogP contribution in [-0.2, 0) is 11.3 Å². The average molecular weight is 428 g/mol. The van der Waals surface area contributed by atoms with E-state index >= 15 is 0 Å². The zero-order valence-electron chi connectivity index (χ0n) is 17.4. The minimum atomic E-state index is -0.333. The lowest BCUT2D eigenvalue weighted by atomic mass is 10.1. The van der Waals surface area contributed by atoms with E-state index in [1.807, 2.05) is 38.1 Å². The van der Waals surface area contributed by atoms with Crippen molar-refractivity contribution < 1.29 is 9.53 Å². The number of H-pyrrole nitrogens is 1. The van der Waals surface area contributed by atoms with Crippen molar-refractivity contribution in [2.75, 3.05) is 13.7 Å². The Labute approximate surface area is 179 Å². The lowest BCUT2D eigenvalue weighted by Crippen LogP contribution is -2.38. The van der Waals surface area contributed by atoms with Crippen molar-refractivity contribution in [3.8, 4) is 11.4 Å². The highest BCUT2D eigenvalue weighted by Crippen LogP contribution is 2.24. The van der Waals surface area contributed by atoms with Gasteiger partial charge < -0.3 is 15.4 Å². The molecule has 1 atom stereocenters. The van der Waals surface area contributed by atoms with Gasteiger partial charge in [0, 0.05) is 19.2 Å². The highest BCUT2D eigenvalue weighted by atomic mass is 32.1. The number of carbonyl (C=O) groups excluding carboxylic acids is 1. The van der Waals surface area contributed by atoms with Gasteiger partial charge in [0.2, 0.25) is 0 Å². The third kappa shape index (κ3) is 5.20. The zero-order chi connectivity index (χ0) is 21.5. The van der Waals surface area contributed by atoms with Crippen molar-refractivity contribution in [3.63, 3.8) is 0 Å². The number of benzene rings is 1. The van der Waals surface area contributed by atoms with Gasteiger partial charge in [-0.05, 0) is 32.4 Å². The largest absolute Gasteiger partial charge is 0.462 e. The summed E-state index contributed by atoms with van der Waals surface area (Å²) in [5.74, 6) is 1.03. The lowest BCUT2D eigenvalue weighted by Gasteiger charge is -2.16. The van der Waals surface area contributed by atoms with Gasteiger partial charge in [0.05, 0.1) is 18.3 Å². The fraction of sp³-hybridized carbons (Fsp3) is 0.350. The fourth-order valence-electron chi connectivity index (χ4n) is 2.81. The lowest BCUT2D eigenvalue weighted by molar-refractivity contribution is 0.0531. The summed E-state index contributed by atoms with van der Waals surface area (Å²) in [5.41, 5.74) is 2.72. The molecular formula is C20H25N7O2S. The maximum Gasteiger partial charge on any atom is 0.350 e. The van der Waals surface area contributed by atoms with Gasteiger partial charge in [0.1, 0.15) is 16.2 Å². The summed E-state index contributed by atoms with van der Waals surface area (Å²) in [6.45, 7) is 6.50. The molecule has 2 heterocycles. The Morgan fingerprint density at radius 1 is 1.40 bits per heavy atom. The molecule has 1 unspecified atom stereocenters. The molecule has 0 fully saturated rings. The molecule has 3 rings (SSSR count). The molecule has 1 aromatic carbocycles. The summed E-state index contributed by atoms with van der Waals surface area (Å²) in [4.78, 5) is 25.6. The second-order valence-electron chi connectivity index (χ2n) is 6.51. The van der Waals surface area contributed by atoms with Gasteiger partial charge in [-0.3, -0.25) is 10.1 Å². The van der Waals surface area contributed by atoms with Crippen LogP contribution in [0.1, 0.15) is 45.8 Å². The highest BCUT2D eigenvalue weighted by molar-refractivity contribution is 7.13. The van der Waals surface area contributed by atoms with Crippen molar-refractivity contribution >= 4 is 23.3 Å². The highest BCUT2D eigenvalue weighted by Gasteiger charge is 2.20. The molecule has 0 aliphatic heterocycles. The number of aliphatic imine (C=N–C) groups is 1. The van der Waals surface area contributed by atoms with Crippen LogP contribution in [0.15, 0.2) is 35.6 Å². The van der Waals surface area contributed by atoms with Crippen LogP contribution < -0.4 is 10.6 Å². The Morgan fingerprint density at radius 3 is 2.93 bits per heavy atom. The van der Waals surface area contributed by atoms with E-state index in [1.54, 1.807) is 14.0 Å². The van der Waals surface area contributed by atoms with E-state index in [2.05, 4.69) is 35.8 Å². The standard InChI is InChI=1S/C20H25N7O2S/c1-5-29-19(28)16-12(2)25-18(30-16)13(3)26-20(21-4)22-10-14-7-6-8-15(9-14)17-23-11-24-27-17/h6-9,11,13H,5,10H2,1-4H3,(H2,21,22,26)(H,23,24,27). The molecule has 0 saturated heterocycles. The van der Waals surface area contributed by atoms with Crippen molar-refractivity contribution in [1.29, 1.82) is 0 Å². The van der Waals surface area contributed by atoms with Crippen molar-refractivity contribution in [2.24, 2.45) is 4.99 Å². The van der Waals surface area contributed by atoms with E-state index < -0.39 is 0 Å². The Kier molecular flexibility index (Phi) is 7.12. The number of ether oxygens (including phenoxy) is 1. The van der Waals surface area contributed by atoms with E-state index in [-0.39, 0.29) is 12.0 Å². The quantitative estimate of drug-likeness (QED) is 0.301. The van der Waals surface area contributed by atoms with Gasteiger partial charge in [0.25, 0.3) is 0 Å². The molecule has 0 amide bonds. The number of thiazole rings is 1. The molecule has 30 heavy (non-hydrogen) atoms. The number of esters is 1. The van der Waals surface area contributed by atoms with E-state index in [1.165, 1.54) is 17.7 Å². The smallest absolute Gasteiger partial charge is 0.350 e. The number of aromatic amines is 1. The maximum absolute atomic E-state index is 12.0. The maximum atomic E-state index is 12.0. The van der Waals surface area contributed by atoms with E-state index in [0.29, 0.717) is 29.7 Å². The third-order valence-electron chi connectivity index (χ3n) is 4.30. The van der Waals surface area contributed by atoms with Crippen LogP contribution >= 0.6 is 11.3 Å². The van der Waals surface area contributed by atoms with Gasteiger partial charge in [-0.1, -0.05) is 18.2 Å². The van der Waals surface area contributed by atoms with E-state index in [4.69, 9.17) is 4.74 Å². The van der Waals surface area contributed by atoms with Crippen LogP contribution in [0.4, 0.5) is 0 Å². The topological polar surface area (TPSA) is 117 Å². The van der Waals surface area contributed by atoms with Gasteiger partial charge in [-0.25, -0.2) is 14.8 Å². The predicted octanol–water partition coefficient (Wildman–Crippen LogP) is 2.84. The van der Waals surface area contributed by atoms with Gasteiger partial charge in [-0.2, -0.15) is 5.10 Å². The molecule has 0 saturated carbocycles. The van der Waals surface area contributed by atoms with E-state index in [0.717, 1.165) is 22.0 Å². The molecule has 0 radical (unpaired) electrons. The molecule has 0 bridgehead atoms. The average Bonchev–Trinajstić information content (AvgIpc) is 3.41. The summed E-state index contributed by atoms with van der Waals surface area (Å²) in [6, 6.07) is 7.90. The number of hydrogen-bond acceptors (Lipinski definition) is 7. The fourth-order valence-corrected chi connectivity index (χ4v) is 3.77. The number of aromatic nitrogens is 4. The number of carbonyl (C=O) groups is 1. The number of rotatable bonds is 7. The summed E-state index contributed by atoms with van der Waals surface area (Å²) in [7, 11) is 1.71. The first-order valence-corrected chi connectivity index (χ1v) is 10.4. The Bertz CT molecular complexity index is 1010. The first-order valence-electron chi connectivity index (χ1n) is 9.58. The minimum absolute atomic E-state index is 0.122. The molecule has 0 aliphatic carbocycles. The van der Waals surface area contributed by atoms with Crippen molar-refractivity contribution in [1.82, 2.24) is 30.8 Å². The monoisotopic (exact) mass is 427 g/mol. The molecule has 2 aromatic heterocycles. The molecule has 158 valence electrons. The van der Waals surface area contributed by atoms with Crippen LogP contribution in [0.3, 0.4) is 0 Å². The minimum Gasteiger partial charge on any atom is -0.462 e. The first kappa shape index (κ1) is 21.4. The summed E-state index contributed by atoms with van der Waals surface area (Å²) < 4.78 is 5.09. The molecule has 3 aromatic rings. The molecular weight excluding hydrogens is 402 g/mol. The van der Waals surface area contributed by atoms with Gasteiger partial charge in [0.15, 0.2) is 11.8 Å². The first-order chi connectivity index (χ1) is 14.5. The summed E-state index contributed by atoms with van der Waals surface area (Å²) in [6.07, 6.45) is 1.49. The second kappa shape index (κ2) is 9.97. The van der Waals surface area contributed by atoms with Crippen LogP contribution in [-0.4, -0.2) is 45.7 Å². The number of nitrogens with one attached hydrogen (secondary N) is 3. The number of nitrogens with zero attached hydrogens (tertiary/aromatic N) is 4. The Morgan fingerprint density at radius 2 is 2.23 bits per heavy atom. The molecule has 10 heteroatoms. The van der Waals surface area contributed by atoms with Crippen LogP contribution in [0.5, 0.6) is 0 Å². The van der Waals surface area contributed by atoms with Crippen LogP contribution in [0.2, 0.25) is 0 Å². The number of guanidine groups is 1. The normalized spacial score (nSPS) is 12.5. The zero-order valence-corrected chi connectivity index (χ0v) is 18.2. The Hall–Kier alpha value is -3.27. The molecule has 0 aliphatic rings. The summed E-state index contributed by atoms with van der Waals surface area (Å²) >= 11 is 1.34. The third-order valence-corrected chi connectivity index (χ3v) is 5.62. The van der Waals surface area contributed by atoms with Gasteiger partial charge >= 0.3 is 5.97 Å². The molecule has 3 N–H and O–H groups in total. The van der Waals surface area contributed by atoms with Crippen molar-refractivity contribution in [2.45, 2.75) is 33.4 Å². The summed E-state index contributed by atoms with van der Waals surface area (Å²) in [5, 5.41) is 14.2. The molecule has 9 nitrogen and oxygen atoms in total. The Balaban J connectivity index is 1.62. The number of aryl methyl sites for hydroxylation is 1. The van der Waals surface area contributed by atoms with Crippen LogP contribution in [0.25, 0.3) is 11.4 Å². The van der Waals surface area contributed by atoms with Gasteiger partial charge in [-0.15, -0.1) is 11.3 Å².